The summed E-state index contributed by atoms with van der Waals surface area (Å²) in [6.07, 6.45) is 0.710. The van der Waals surface area contributed by atoms with Crippen molar-refractivity contribution in [3.8, 4) is 0 Å². The Hall–Kier alpha value is -0.970. The van der Waals surface area contributed by atoms with Gasteiger partial charge in [0, 0.05) is 16.9 Å². The average Bonchev–Trinajstić information content (AvgIpc) is 2.15. The van der Waals surface area contributed by atoms with Gasteiger partial charge in [-0.05, 0) is 32.4 Å². The van der Waals surface area contributed by atoms with Crippen LogP contribution in [0.5, 0.6) is 0 Å². The molecule has 1 aromatic carbocycles. The monoisotopic (exact) mass is 305 g/mol. The number of halogens is 3. The normalized spacial score (nSPS) is 11.4. The smallest absolute Gasteiger partial charge is 0.254 e. The molecule has 2 nitrogen and oxygen atoms in total. The van der Waals surface area contributed by atoms with Crippen molar-refractivity contribution in [3.63, 3.8) is 0 Å². The van der Waals surface area contributed by atoms with Crippen LogP contribution < -0.4 is 5.32 Å². The summed E-state index contributed by atoms with van der Waals surface area (Å²) in [5, 5.41) is 3.43. The fraction of sp³-hybridized carbons (Fsp3) is 0.417. The van der Waals surface area contributed by atoms with Gasteiger partial charge in [0.25, 0.3) is 5.91 Å². The van der Waals surface area contributed by atoms with E-state index in [4.69, 9.17) is 0 Å². The topological polar surface area (TPSA) is 29.1 Å². The van der Waals surface area contributed by atoms with Gasteiger partial charge in [0.1, 0.15) is 11.6 Å². The van der Waals surface area contributed by atoms with Crippen LogP contribution in [0.3, 0.4) is 0 Å². The maximum absolute atomic E-state index is 13.4. The van der Waals surface area contributed by atoms with Crippen molar-refractivity contribution in [2.45, 2.75) is 25.8 Å². The summed E-state index contributed by atoms with van der Waals surface area (Å²) < 4.78 is 26.0. The summed E-state index contributed by atoms with van der Waals surface area (Å²) in [5.74, 6) is -2.08. The van der Waals surface area contributed by atoms with E-state index in [-0.39, 0.29) is 5.56 Å². The molecule has 1 aromatic rings. The van der Waals surface area contributed by atoms with Crippen LogP contribution in [-0.4, -0.2) is 16.8 Å². The Labute approximate surface area is 108 Å². The van der Waals surface area contributed by atoms with Crippen LogP contribution in [-0.2, 0) is 0 Å². The minimum absolute atomic E-state index is 0.144. The quantitative estimate of drug-likeness (QED) is 0.850. The van der Waals surface area contributed by atoms with Gasteiger partial charge in [-0.2, -0.15) is 0 Å². The maximum atomic E-state index is 13.4. The molecule has 0 saturated heterocycles. The third-order valence-electron chi connectivity index (χ3n) is 2.35. The minimum atomic E-state index is -0.850. The first kappa shape index (κ1) is 14.1. The highest BCUT2D eigenvalue weighted by atomic mass is 79.9. The molecule has 1 rings (SSSR count). The molecular formula is C12H14BrF2NO. The summed E-state index contributed by atoms with van der Waals surface area (Å²) in [6.45, 7) is 3.68. The average molecular weight is 306 g/mol. The van der Waals surface area contributed by atoms with Crippen molar-refractivity contribution in [1.29, 1.82) is 0 Å². The predicted octanol–water partition coefficient (Wildman–Crippen LogP) is 3.26. The van der Waals surface area contributed by atoms with Crippen LogP contribution >= 0.6 is 15.9 Å². The van der Waals surface area contributed by atoms with Crippen molar-refractivity contribution < 1.29 is 13.6 Å². The van der Waals surface area contributed by atoms with Gasteiger partial charge in [-0.25, -0.2) is 8.78 Å². The Kier molecular flexibility index (Phi) is 4.62. The Morgan fingerprint density at radius 2 is 2.06 bits per heavy atom. The van der Waals surface area contributed by atoms with Gasteiger partial charge in [0.2, 0.25) is 0 Å². The molecule has 0 radical (unpaired) electrons. The largest absolute Gasteiger partial charge is 0.347 e. The van der Waals surface area contributed by atoms with Crippen LogP contribution in [0.4, 0.5) is 8.78 Å². The second-order valence-corrected chi connectivity index (χ2v) is 5.19. The molecule has 17 heavy (non-hydrogen) atoms. The Bertz CT molecular complexity index is 421. The van der Waals surface area contributed by atoms with E-state index in [1.807, 2.05) is 13.8 Å². The molecule has 1 amide bonds. The summed E-state index contributed by atoms with van der Waals surface area (Å²) in [4.78, 5) is 11.8. The van der Waals surface area contributed by atoms with Crippen molar-refractivity contribution >= 4 is 21.8 Å². The lowest BCUT2D eigenvalue weighted by atomic mass is 10.0. The number of amides is 1. The number of nitrogens with one attached hydrogen (secondary N) is 1. The number of alkyl halides is 1. The highest BCUT2D eigenvalue weighted by molar-refractivity contribution is 9.09. The van der Waals surface area contributed by atoms with E-state index >= 15 is 0 Å². The van der Waals surface area contributed by atoms with Crippen LogP contribution in [0.1, 0.15) is 30.6 Å². The van der Waals surface area contributed by atoms with E-state index in [1.165, 1.54) is 0 Å². The van der Waals surface area contributed by atoms with Crippen molar-refractivity contribution in [2.24, 2.45) is 0 Å². The van der Waals surface area contributed by atoms with Crippen molar-refractivity contribution in [2.75, 3.05) is 5.33 Å². The van der Waals surface area contributed by atoms with Crippen LogP contribution in [0.25, 0.3) is 0 Å². The van der Waals surface area contributed by atoms with E-state index in [2.05, 4.69) is 21.2 Å². The predicted molar refractivity (Wildman–Crippen MR) is 66.3 cm³/mol. The van der Waals surface area contributed by atoms with Crippen LogP contribution in [0.2, 0.25) is 0 Å². The van der Waals surface area contributed by atoms with Gasteiger partial charge < -0.3 is 5.32 Å². The van der Waals surface area contributed by atoms with E-state index in [0.717, 1.165) is 17.5 Å². The fourth-order valence-corrected chi connectivity index (χ4v) is 2.34. The molecule has 0 aliphatic carbocycles. The first-order valence-corrected chi connectivity index (χ1v) is 6.31. The molecule has 5 heteroatoms. The SMILES string of the molecule is CC(C)(CCBr)NC(=O)c1ccc(F)cc1F. The molecule has 0 aliphatic heterocycles. The number of carbonyl (C=O) groups excluding carboxylic acids is 1. The van der Waals surface area contributed by atoms with E-state index < -0.39 is 23.1 Å². The summed E-state index contributed by atoms with van der Waals surface area (Å²) in [5.41, 5.74) is -0.587. The van der Waals surface area contributed by atoms with Gasteiger partial charge >= 0.3 is 0 Å². The molecule has 0 heterocycles. The molecule has 94 valence electrons. The molecule has 0 aromatic heterocycles. The van der Waals surface area contributed by atoms with Crippen LogP contribution in [0.15, 0.2) is 18.2 Å². The molecule has 0 fully saturated rings. The molecule has 0 spiro atoms. The lowest BCUT2D eigenvalue weighted by Gasteiger charge is -2.25. The lowest BCUT2D eigenvalue weighted by Crippen LogP contribution is -2.44. The number of hydrogen-bond donors (Lipinski definition) is 1. The van der Waals surface area contributed by atoms with E-state index in [9.17, 15) is 13.6 Å². The fourth-order valence-electron chi connectivity index (χ4n) is 1.35. The minimum Gasteiger partial charge on any atom is -0.347 e. The van der Waals surface area contributed by atoms with Crippen LogP contribution in [0, 0.1) is 11.6 Å². The third kappa shape index (κ3) is 4.07. The molecule has 0 saturated carbocycles. The number of rotatable bonds is 4. The molecular weight excluding hydrogens is 292 g/mol. The second kappa shape index (κ2) is 5.58. The number of carbonyl (C=O) groups is 1. The van der Waals surface area contributed by atoms with Gasteiger partial charge in [0.15, 0.2) is 0 Å². The summed E-state index contributed by atoms with van der Waals surface area (Å²) >= 11 is 3.28. The van der Waals surface area contributed by atoms with Gasteiger partial charge in [-0.3, -0.25) is 4.79 Å². The highest BCUT2D eigenvalue weighted by Gasteiger charge is 2.22. The highest BCUT2D eigenvalue weighted by Crippen LogP contribution is 2.14. The second-order valence-electron chi connectivity index (χ2n) is 4.40. The zero-order chi connectivity index (χ0) is 13.1. The molecule has 0 unspecified atom stereocenters. The standard InChI is InChI=1S/C12H14BrF2NO/c1-12(2,5-6-13)16-11(17)9-4-3-8(14)7-10(9)15/h3-4,7H,5-6H2,1-2H3,(H,16,17). The van der Waals surface area contributed by atoms with Gasteiger partial charge in [-0.1, -0.05) is 15.9 Å². The summed E-state index contributed by atoms with van der Waals surface area (Å²) in [6, 6.07) is 2.91. The first-order valence-electron chi connectivity index (χ1n) is 5.19. The lowest BCUT2D eigenvalue weighted by molar-refractivity contribution is 0.0907. The maximum Gasteiger partial charge on any atom is 0.254 e. The van der Waals surface area contributed by atoms with Crippen molar-refractivity contribution in [3.05, 3.63) is 35.4 Å². The molecule has 1 N–H and O–H groups in total. The third-order valence-corrected chi connectivity index (χ3v) is 2.74. The molecule has 0 bridgehead atoms. The summed E-state index contributed by atoms with van der Waals surface area (Å²) in [7, 11) is 0. The number of benzene rings is 1. The zero-order valence-corrected chi connectivity index (χ0v) is 11.3. The van der Waals surface area contributed by atoms with Gasteiger partial charge in [0.05, 0.1) is 5.56 Å². The van der Waals surface area contributed by atoms with E-state index in [1.54, 1.807) is 0 Å². The Morgan fingerprint density at radius 1 is 1.41 bits per heavy atom. The Balaban J connectivity index is 2.83. The van der Waals surface area contributed by atoms with Gasteiger partial charge in [-0.15, -0.1) is 0 Å². The Morgan fingerprint density at radius 3 is 2.59 bits per heavy atom. The molecule has 0 aliphatic rings. The van der Waals surface area contributed by atoms with Crippen molar-refractivity contribution in [1.82, 2.24) is 5.32 Å². The molecule has 0 atom stereocenters. The number of hydrogen-bond acceptors (Lipinski definition) is 1. The zero-order valence-electron chi connectivity index (χ0n) is 9.69. The first-order chi connectivity index (χ1) is 7.85. The van der Waals surface area contributed by atoms with E-state index in [0.29, 0.717) is 12.5 Å².